The third-order valence-electron chi connectivity index (χ3n) is 7.40. The highest BCUT2D eigenvalue weighted by Crippen LogP contribution is 2.44. The Kier molecular flexibility index (Phi) is 10.8. The molecular weight excluding hydrogens is 638 g/mol. The zero-order chi connectivity index (χ0) is 31.2. The first kappa shape index (κ1) is 32.2. The molecule has 5 rings (SSSR count). The van der Waals surface area contributed by atoms with E-state index in [-0.39, 0.29) is 42.2 Å². The number of rotatable bonds is 13. The molecular formula is C31H35ClN5O4S3+. The van der Waals surface area contributed by atoms with Gasteiger partial charge in [0, 0.05) is 67.0 Å². The Morgan fingerprint density at radius 1 is 1.05 bits per heavy atom. The standard InChI is InChI=1S/C31H34ClN5O4S3/c1-44(2)15-5-12-34-30(41)23-17-43-31(36-23)24-18-42-26(35-24)10-13-33-25(38)8-9-27(39)37-14-11-20-19-6-3-4-7-21(19)29(40)22(16-32)28(20)37/h3-4,6-7,17-18H,5,8-16H2,1-2H3,(H2-,33,34,38,40,41)/p+1. The summed E-state index contributed by atoms with van der Waals surface area (Å²) in [7, 11) is 0.364. The van der Waals surface area contributed by atoms with E-state index < -0.39 is 0 Å². The second-order valence-electron chi connectivity index (χ2n) is 10.7. The van der Waals surface area contributed by atoms with Crippen molar-refractivity contribution in [3.8, 4) is 16.5 Å². The minimum atomic E-state index is -0.210. The number of halogens is 1. The normalized spacial score (nSPS) is 12.6. The Bertz CT molecular complexity index is 1670. The number of aromatic nitrogens is 2. The fraction of sp³-hybridized carbons (Fsp3) is 0.387. The lowest BCUT2D eigenvalue weighted by Crippen LogP contribution is -2.32. The van der Waals surface area contributed by atoms with Crippen LogP contribution in [0.3, 0.4) is 0 Å². The molecule has 232 valence electrons. The molecule has 3 N–H and O–H groups in total. The molecule has 1 aliphatic heterocycles. The van der Waals surface area contributed by atoms with E-state index in [9.17, 15) is 19.5 Å². The number of carbonyl (C=O) groups excluding carboxylic acids is 3. The summed E-state index contributed by atoms with van der Waals surface area (Å²) in [5.41, 5.74) is 3.34. The van der Waals surface area contributed by atoms with Crippen LogP contribution in [0.25, 0.3) is 21.5 Å². The number of thiazole rings is 2. The maximum absolute atomic E-state index is 13.2. The smallest absolute Gasteiger partial charge is 0.270 e. The molecule has 9 nitrogen and oxygen atoms in total. The average molecular weight is 673 g/mol. The summed E-state index contributed by atoms with van der Waals surface area (Å²) in [5, 5.41) is 23.5. The number of aromatic hydroxyl groups is 1. The molecule has 0 aliphatic carbocycles. The molecule has 0 saturated carbocycles. The highest BCUT2D eigenvalue weighted by Gasteiger charge is 2.31. The van der Waals surface area contributed by atoms with Crippen LogP contribution in [0.1, 0.15) is 45.9 Å². The van der Waals surface area contributed by atoms with Gasteiger partial charge in [-0.05, 0) is 28.3 Å². The second kappa shape index (κ2) is 14.7. The highest BCUT2D eigenvalue weighted by atomic mass is 35.5. The van der Waals surface area contributed by atoms with Gasteiger partial charge in [-0.1, -0.05) is 24.3 Å². The number of nitrogens with one attached hydrogen (secondary N) is 2. The zero-order valence-electron chi connectivity index (χ0n) is 24.7. The van der Waals surface area contributed by atoms with Crippen molar-refractivity contribution in [2.45, 2.75) is 38.0 Å². The van der Waals surface area contributed by atoms with Gasteiger partial charge < -0.3 is 20.6 Å². The Morgan fingerprint density at radius 3 is 2.61 bits per heavy atom. The lowest BCUT2D eigenvalue weighted by atomic mass is 9.97. The van der Waals surface area contributed by atoms with Gasteiger partial charge in [-0.2, -0.15) is 0 Å². The fourth-order valence-corrected chi connectivity index (χ4v) is 7.84. The summed E-state index contributed by atoms with van der Waals surface area (Å²) in [6.45, 7) is 1.52. The predicted molar refractivity (Wildman–Crippen MR) is 181 cm³/mol. The third-order valence-corrected chi connectivity index (χ3v) is 10.6. The molecule has 0 fully saturated rings. The van der Waals surface area contributed by atoms with Gasteiger partial charge in [0.15, 0.2) is 0 Å². The monoisotopic (exact) mass is 672 g/mol. The van der Waals surface area contributed by atoms with Gasteiger partial charge in [0.2, 0.25) is 11.8 Å². The molecule has 0 radical (unpaired) electrons. The van der Waals surface area contributed by atoms with Gasteiger partial charge in [0.1, 0.15) is 27.9 Å². The van der Waals surface area contributed by atoms with E-state index in [0.29, 0.717) is 71.0 Å². The first-order valence-electron chi connectivity index (χ1n) is 14.4. The number of anilines is 1. The first-order valence-corrected chi connectivity index (χ1v) is 18.9. The first-order chi connectivity index (χ1) is 21.3. The van der Waals surface area contributed by atoms with Crippen LogP contribution in [0.15, 0.2) is 35.0 Å². The fourth-order valence-electron chi connectivity index (χ4n) is 5.25. The summed E-state index contributed by atoms with van der Waals surface area (Å²) in [5.74, 6) is 0.729. The molecule has 13 heteroatoms. The van der Waals surface area contributed by atoms with E-state index in [1.54, 1.807) is 10.3 Å². The molecule has 0 spiro atoms. The number of phenolic OH excluding ortho intramolecular Hbond substituents is 1. The SMILES string of the molecule is C[S+](C)CCCNC(=O)c1csc(-c2csc(CCNC(=O)CCC(=O)N3CCc4c3c(CCl)c(O)c3ccccc43)n2)n1. The van der Waals surface area contributed by atoms with Crippen LogP contribution in [-0.2, 0) is 39.2 Å². The van der Waals surface area contributed by atoms with Crippen LogP contribution < -0.4 is 15.5 Å². The molecule has 0 saturated heterocycles. The molecule has 0 bridgehead atoms. The lowest BCUT2D eigenvalue weighted by molar-refractivity contribution is -0.125. The molecule has 1 aliphatic rings. The van der Waals surface area contributed by atoms with Crippen LogP contribution in [-0.4, -0.2) is 70.7 Å². The average Bonchev–Trinajstić information content (AvgIpc) is 3.79. The van der Waals surface area contributed by atoms with Gasteiger partial charge in [-0.3, -0.25) is 14.4 Å². The minimum Gasteiger partial charge on any atom is -0.507 e. The van der Waals surface area contributed by atoms with E-state index in [1.807, 2.05) is 29.6 Å². The van der Waals surface area contributed by atoms with Crippen molar-refractivity contribution in [1.82, 2.24) is 20.6 Å². The third kappa shape index (κ3) is 7.36. The van der Waals surface area contributed by atoms with Crippen molar-refractivity contribution < 1.29 is 19.5 Å². The van der Waals surface area contributed by atoms with Crippen LogP contribution in [0, 0.1) is 0 Å². The maximum atomic E-state index is 13.2. The van der Waals surface area contributed by atoms with Crippen LogP contribution in [0.2, 0.25) is 0 Å². The van der Waals surface area contributed by atoms with Crippen molar-refractivity contribution in [2.75, 3.05) is 42.8 Å². The molecule has 2 aromatic carbocycles. The number of amides is 3. The van der Waals surface area contributed by atoms with Crippen molar-refractivity contribution in [1.29, 1.82) is 0 Å². The van der Waals surface area contributed by atoms with Crippen LogP contribution in [0.5, 0.6) is 5.75 Å². The zero-order valence-corrected chi connectivity index (χ0v) is 27.9. The Hall–Kier alpha value is -3.19. The van der Waals surface area contributed by atoms with Gasteiger partial charge in [0.05, 0.1) is 29.1 Å². The van der Waals surface area contributed by atoms with Gasteiger partial charge >= 0.3 is 0 Å². The predicted octanol–water partition coefficient (Wildman–Crippen LogP) is 4.89. The molecule has 0 atom stereocenters. The maximum Gasteiger partial charge on any atom is 0.270 e. The largest absolute Gasteiger partial charge is 0.507 e. The van der Waals surface area contributed by atoms with Crippen molar-refractivity contribution in [3.63, 3.8) is 0 Å². The Balaban J connectivity index is 1.09. The summed E-state index contributed by atoms with van der Waals surface area (Å²) >= 11 is 9.08. The molecule has 4 aromatic rings. The Labute approximate surface area is 272 Å². The molecule has 44 heavy (non-hydrogen) atoms. The number of benzene rings is 2. The molecule has 3 heterocycles. The highest BCUT2D eigenvalue weighted by molar-refractivity contribution is 7.95. The van der Waals surface area contributed by atoms with Crippen molar-refractivity contribution >= 4 is 79.4 Å². The second-order valence-corrected chi connectivity index (χ2v) is 15.1. The van der Waals surface area contributed by atoms with Gasteiger partial charge in [-0.15, -0.1) is 34.3 Å². The summed E-state index contributed by atoms with van der Waals surface area (Å²) in [6, 6.07) is 7.58. The number of phenols is 1. The van der Waals surface area contributed by atoms with Crippen molar-refractivity contribution in [2.24, 2.45) is 0 Å². The summed E-state index contributed by atoms with van der Waals surface area (Å²) < 4.78 is 0. The number of hydrogen-bond donors (Lipinski definition) is 3. The number of fused-ring (bicyclic) bond motifs is 3. The summed E-state index contributed by atoms with van der Waals surface area (Å²) in [4.78, 5) is 48.9. The van der Waals surface area contributed by atoms with E-state index in [2.05, 4.69) is 33.1 Å². The van der Waals surface area contributed by atoms with E-state index in [1.165, 1.54) is 22.7 Å². The molecule has 2 aromatic heterocycles. The van der Waals surface area contributed by atoms with E-state index in [0.717, 1.165) is 33.5 Å². The number of hydrogen-bond acceptors (Lipinski definition) is 8. The Morgan fingerprint density at radius 2 is 1.84 bits per heavy atom. The van der Waals surface area contributed by atoms with Crippen molar-refractivity contribution in [3.05, 3.63) is 56.9 Å². The number of nitrogens with zero attached hydrogens (tertiary/aromatic N) is 3. The van der Waals surface area contributed by atoms with E-state index >= 15 is 0 Å². The van der Waals surface area contributed by atoms with Gasteiger partial charge in [0.25, 0.3) is 5.91 Å². The topological polar surface area (TPSA) is 125 Å². The lowest BCUT2D eigenvalue weighted by Gasteiger charge is -2.21. The molecule has 0 unspecified atom stereocenters. The minimum absolute atomic E-state index is 0.0556. The summed E-state index contributed by atoms with van der Waals surface area (Å²) in [6.07, 6.45) is 6.66. The van der Waals surface area contributed by atoms with Gasteiger partial charge in [-0.25, -0.2) is 9.97 Å². The number of alkyl halides is 1. The van der Waals surface area contributed by atoms with Crippen LogP contribution >= 0.6 is 34.3 Å². The quantitative estimate of drug-likeness (QED) is 0.106. The van der Waals surface area contributed by atoms with Crippen LogP contribution in [0.4, 0.5) is 5.69 Å². The molecule has 3 amide bonds. The number of carbonyl (C=O) groups is 3. The van der Waals surface area contributed by atoms with E-state index in [4.69, 9.17) is 11.6 Å².